The average molecular weight is 321 g/mol. The van der Waals surface area contributed by atoms with Gasteiger partial charge in [0.2, 0.25) is 5.91 Å². The number of hydrogen-bond acceptors (Lipinski definition) is 3. The SMILES string of the molecule is Cc1cc(C)c2c(CNC(=O)Cc3ccccc3)cc(=O)oc2c1. The van der Waals surface area contributed by atoms with Crippen LogP contribution in [0.5, 0.6) is 0 Å². The molecule has 0 saturated heterocycles. The highest BCUT2D eigenvalue weighted by molar-refractivity contribution is 5.85. The van der Waals surface area contributed by atoms with Crippen molar-refractivity contribution in [3.63, 3.8) is 0 Å². The zero-order valence-electron chi connectivity index (χ0n) is 13.8. The van der Waals surface area contributed by atoms with Crippen LogP contribution in [-0.4, -0.2) is 5.91 Å². The van der Waals surface area contributed by atoms with Gasteiger partial charge < -0.3 is 9.73 Å². The quantitative estimate of drug-likeness (QED) is 0.750. The van der Waals surface area contributed by atoms with Crippen LogP contribution in [0.3, 0.4) is 0 Å². The molecule has 0 saturated carbocycles. The number of nitrogens with one attached hydrogen (secondary N) is 1. The van der Waals surface area contributed by atoms with Gasteiger partial charge in [0.25, 0.3) is 0 Å². The molecule has 0 aliphatic rings. The summed E-state index contributed by atoms with van der Waals surface area (Å²) < 4.78 is 5.30. The molecule has 0 radical (unpaired) electrons. The van der Waals surface area contributed by atoms with Crippen LogP contribution in [0.2, 0.25) is 0 Å². The minimum absolute atomic E-state index is 0.0765. The summed E-state index contributed by atoms with van der Waals surface area (Å²) in [6.07, 6.45) is 0.318. The van der Waals surface area contributed by atoms with Gasteiger partial charge in [-0.3, -0.25) is 4.79 Å². The molecule has 4 heteroatoms. The van der Waals surface area contributed by atoms with Crippen LogP contribution in [0.25, 0.3) is 11.0 Å². The standard InChI is InChI=1S/C20H19NO3/c1-13-8-14(2)20-16(11-19(23)24-17(20)9-13)12-21-18(22)10-15-6-4-3-5-7-15/h3-9,11H,10,12H2,1-2H3,(H,21,22). The number of carbonyl (C=O) groups is 1. The van der Waals surface area contributed by atoms with Crippen LogP contribution in [0.1, 0.15) is 22.3 Å². The molecule has 4 nitrogen and oxygen atoms in total. The molecule has 3 aromatic rings. The predicted molar refractivity (Wildman–Crippen MR) is 94.0 cm³/mol. The van der Waals surface area contributed by atoms with Crippen molar-refractivity contribution < 1.29 is 9.21 Å². The molecule has 2 aromatic carbocycles. The van der Waals surface area contributed by atoms with Gasteiger partial charge in [0, 0.05) is 18.0 Å². The topological polar surface area (TPSA) is 59.3 Å². The minimum atomic E-state index is -0.403. The summed E-state index contributed by atoms with van der Waals surface area (Å²) in [7, 11) is 0. The van der Waals surface area contributed by atoms with Gasteiger partial charge in [0.05, 0.1) is 6.42 Å². The third-order valence-electron chi connectivity index (χ3n) is 3.95. The van der Waals surface area contributed by atoms with Crippen LogP contribution in [0.4, 0.5) is 0 Å². The van der Waals surface area contributed by atoms with Crippen molar-refractivity contribution in [2.24, 2.45) is 0 Å². The van der Waals surface area contributed by atoms with Gasteiger partial charge in [-0.05, 0) is 42.2 Å². The van der Waals surface area contributed by atoms with Crippen LogP contribution in [0.15, 0.2) is 57.7 Å². The molecule has 3 rings (SSSR count). The van der Waals surface area contributed by atoms with Gasteiger partial charge in [-0.1, -0.05) is 36.4 Å². The van der Waals surface area contributed by atoms with Crippen LogP contribution < -0.4 is 10.9 Å². The summed E-state index contributed by atoms with van der Waals surface area (Å²) in [5.41, 5.74) is 3.96. The van der Waals surface area contributed by atoms with Gasteiger partial charge in [-0.25, -0.2) is 4.79 Å². The number of benzene rings is 2. The van der Waals surface area contributed by atoms with E-state index in [1.54, 1.807) is 0 Å². The fourth-order valence-electron chi connectivity index (χ4n) is 2.95. The minimum Gasteiger partial charge on any atom is -0.423 e. The number of rotatable bonds is 4. The van der Waals surface area contributed by atoms with Crippen molar-refractivity contribution in [2.45, 2.75) is 26.8 Å². The maximum Gasteiger partial charge on any atom is 0.336 e. The normalized spacial score (nSPS) is 10.8. The molecule has 0 unspecified atom stereocenters. The highest BCUT2D eigenvalue weighted by Crippen LogP contribution is 2.23. The summed E-state index contributed by atoms with van der Waals surface area (Å²) in [6.45, 7) is 4.24. The summed E-state index contributed by atoms with van der Waals surface area (Å²) in [4.78, 5) is 23.9. The smallest absolute Gasteiger partial charge is 0.336 e. The van der Waals surface area contributed by atoms with Crippen molar-refractivity contribution in [3.8, 4) is 0 Å². The van der Waals surface area contributed by atoms with Gasteiger partial charge >= 0.3 is 5.63 Å². The summed E-state index contributed by atoms with van der Waals surface area (Å²) in [5, 5.41) is 3.78. The molecule has 1 amide bonds. The van der Waals surface area contributed by atoms with E-state index in [-0.39, 0.29) is 5.91 Å². The number of amides is 1. The second-order valence-corrected chi connectivity index (χ2v) is 5.98. The lowest BCUT2D eigenvalue weighted by Crippen LogP contribution is -2.25. The van der Waals surface area contributed by atoms with E-state index in [4.69, 9.17) is 4.42 Å². The van der Waals surface area contributed by atoms with Gasteiger partial charge in [-0.15, -0.1) is 0 Å². The van der Waals surface area contributed by atoms with E-state index in [0.717, 1.165) is 27.6 Å². The third kappa shape index (κ3) is 3.54. The van der Waals surface area contributed by atoms with E-state index in [9.17, 15) is 9.59 Å². The summed E-state index contributed by atoms with van der Waals surface area (Å²) in [6, 6.07) is 14.9. The Bertz CT molecular complexity index is 942. The molecule has 0 fully saturated rings. The first-order chi connectivity index (χ1) is 11.5. The Morgan fingerprint density at radius 1 is 1.08 bits per heavy atom. The Hall–Kier alpha value is -2.88. The summed E-state index contributed by atoms with van der Waals surface area (Å²) >= 11 is 0. The fraction of sp³-hybridized carbons (Fsp3) is 0.200. The van der Waals surface area contributed by atoms with Crippen molar-refractivity contribution in [2.75, 3.05) is 0 Å². The van der Waals surface area contributed by atoms with Crippen molar-refractivity contribution >= 4 is 16.9 Å². The first-order valence-corrected chi connectivity index (χ1v) is 7.87. The van der Waals surface area contributed by atoms with E-state index >= 15 is 0 Å². The zero-order chi connectivity index (χ0) is 17.1. The Morgan fingerprint density at radius 3 is 2.58 bits per heavy atom. The maximum absolute atomic E-state index is 12.1. The molecule has 1 N–H and O–H groups in total. The van der Waals surface area contributed by atoms with E-state index in [2.05, 4.69) is 5.32 Å². The lowest BCUT2D eigenvalue weighted by molar-refractivity contribution is -0.120. The lowest BCUT2D eigenvalue weighted by Gasteiger charge is -2.10. The Morgan fingerprint density at radius 2 is 1.83 bits per heavy atom. The van der Waals surface area contributed by atoms with Gasteiger partial charge in [-0.2, -0.15) is 0 Å². The molecule has 24 heavy (non-hydrogen) atoms. The Labute approximate surface area is 140 Å². The molecular formula is C20H19NO3. The molecule has 0 atom stereocenters. The number of hydrogen-bond donors (Lipinski definition) is 1. The van der Waals surface area contributed by atoms with Crippen LogP contribution in [-0.2, 0) is 17.8 Å². The van der Waals surface area contributed by atoms with Crippen LogP contribution in [0, 0.1) is 13.8 Å². The fourth-order valence-corrected chi connectivity index (χ4v) is 2.95. The molecule has 0 aliphatic carbocycles. The van der Waals surface area contributed by atoms with Gasteiger partial charge in [0.15, 0.2) is 0 Å². The molecule has 0 bridgehead atoms. The molecule has 0 spiro atoms. The van der Waals surface area contributed by atoms with Crippen molar-refractivity contribution in [3.05, 3.63) is 81.2 Å². The van der Waals surface area contributed by atoms with Crippen LogP contribution >= 0.6 is 0 Å². The first kappa shape index (κ1) is 16.0. The van der Waals surface area contributed by atoms with E-state index in [1.165, 1.54) is 6.07 Å². The number of aryl methyl sites for hydroxylation is 2. The molecule has 122 valence electrons. The predicted octanol–water partition coefficient (Wildman–Crippen LogP) is 3.27. The number of carbonyl (C=O) groups excluding carboxylic acids is 1. The lowest BCUT2D eigenvalue weighted by atomic mass is 10.0. The average Bonchev–Trinajstić information content (AvgIpc) is 2.52. The molecule has 0 aliphatic heterocycles. The van der Waals surface area contributed by atoms with Gasteiger partial charge in [0.1, 0.15) is 5.58 Å². The van der Waals surface area contributed by atoms with E-state index in [1.807, 2.05) is 56.3 Å². The number of fused-ring (bicyclic) bond motifs is 1. The highest BCUT2D eigenvalue weighted by atomic mass is 16.4. The second kappa shape index (κ2) is 6.71. The van der Waals surface area contributed by atoms with E-state index in [0.29, 0.717) is 18.5 Å². The van der Waals surface area contributed by atoms with Crippen molar-refractivity contribution in [1.82, 2.24) is 5.32 Å². The van der Waals surface area contributed by atoms with Crippen molar-refractivity contribution in [1.29, 1.82) is 0 Å². The third-order valence-corrected chi connectivity index (χ3v) is 3.95. The molecular weight excluding hydrogens is 302 g/mol. The Balaban J connectivity index is 1.82. The first-order valence-electron chi connectivity index (χ1n) is 7.87. The van der Waals surface area contributed by atoms with E-state index < -0.39 is 5.63 Å². The zero-order valence-corrected chi connectivity index (χ0v) is 13.8. The molecule has 1 aromatic heterocycles. The monoisotopic (exact) mass is 321 g/mol. The second-order valence-electron chi connectivity index (χ2n) is 5.98. The molecule has 1 heterocycles. The highest BCUT2D eigenvalue weighted by Gasteiger charge is 2.10. The maximum atomic E-state index is 12.1. The largest absolute Gasteiger partial charge is 0.423 e. The summed E-state index contributed by atoms with van der Waals surface area (Å²) in [5.74, 6) is -0.0765. The Kier molecular flexibility index (Phi) is 4.47.